The molecule has 1 aromatic heterocycles. The Kier molecular flexibility index (Phi) is 3.04. The van der Waals surface area contributed by atoms with Gasteiger partial charge in [0.1, 0.15) is 12.6 Å². The molecule has 0 aliphatic rings. The summed E-state index contributed by atoms with van der Waals surface area (Å²) in [6, 6.07) is 10.3. The molecule has 1 aromatic carbocycles. The van der Waals surface area contributed by atoms with Gasteiger partial charge in [-0.05, 0) is 17.5 Å². The van der Waals surface area contributed by atoms with Crippen molar-refractivity contribution in [3.05, 3.63) is 36.5 Å². The first-order valence-corrected chi connectivity index (χ1v) is 5.31. The Morgan fingerprint density at radius 3 is 2.93 bits per heavy atom. The van der Waals surface area contributed by atoms with Gasteiger partial charge in [0, 0.05) is 11.7 Å². The molecule has 0 bridgehead atoms. The number of para-hydroxylation sites is 1. The van der Waals surface area contributed by atoms with Gasteiger partial charge in [-0.3, -0.25) is 0 Å². The van der Waals surface area contributed by atoms with Crippen LogP contribution in [0.1, 0.15) is 0 Å². The fourth-order valence-corrected chi connectivity index (χ4v) is 1.87. The summed E-state index contributed by atoms with van der Waals surface area (Å²) in [5.41, 5.74) is 1.19. The SMILES string of the molecule is C[NH2+]C[C@H](O)Cn1ccc2ccccc21. The van der Waals surface area contributed by atoms with Crippen LogP contribution in [0.2, 0.25) is 0 Å². The van der Waals surface area contributed by atoms with Gasteiger partial charge in [-0.2, -0.15) is 0 Å². The fourth-order valence-electron chi connectivity index (χ4n) is 1.87. The third-order valence-corrected chi connectivity index (χ3v) is 2.60. The molecule has 0 saturated carbocycles. The molecular formula is C12H17N2O+. The van der Waals surface area contributed by atoms with E-state index < -0.39 is 0 Å². The quantitative estimate of drug-likeness (QED) is 0.735. The predicted octanol–water partition coefficient (Wildman–Crippen LogP) is 0.195. The van der Waals surface area contributed by atoms with Crippen LogP contribution in [-0.4, -0.2) is 29.4 Å². The van der Waals surface area contributed by atoms with Crippen LogP contribution in [0.25, 0.3) is 10.9 Å². The first kappa shape index (κ1) is 10.2. The maximum atomic E-state index is 9.73. The van der Waals surface area contributed by atoms with Crippen LogP contribution >= 0.6 is 0 Å². The number of aromatic nitrogens is 1. The van der Waals surface area contributed by atoms with Gasteiger partial charge in [0.2, 0.25) is 0 Å². The highest BCUT2D eigenvalue weighted by molar-refractivity contribution is 5.79. The van der Waals surface area contributed by atoms with Crippen molar-refractivity contribution in [2.45, 2.75) is 12.6 Å². The molecule has 15 heavy (non-hydrogen) atoms. The lowest BCUT2D eigenvalue weighted by molar-refractivity contribution is -0.634. The summed E-state index contributed by atoms with van der Waals surface area (Å²) >= 11 is 0. The number of nitrogens with zero attached hydrogens (tertiary/aromatic N) is 1. The van der Waals surface area contributed by atoms with Crippen molar-refractivity contribution in [3.63, 3.8) is 0 Å². The Balaban J connectivity index is 2.21. The molecule has 1 heterocycles. The van der Waals surface area contributed by atoms with E-state index in [1.54, 1.807) is 0 Å². The summed E-state index contributed by atoms with van der Waals surface area (Å²) in [6.45, 7) is 1.41. The highest BCUT2D eigenvalue weighted by atomic mass is 16.3. The van der Waals surface area contributed by atoms with Crippen molar-refractivity contribution < 1.29 is 10.4 Å². The Morgan fingerprint density at radius 1 is 1.33 bits per heavy atom. The van der Waals surface area contributed by atoms with Crippen LogP contribution in [-0.2, 0) is 6.54 Å². The number of fused-ring (bicyclic) bond motifs is 1. The molecule has 0 radical (unpaired) electrons. The van der Waals surface area contributed by atoms with Crippen molar-refractivity contribution in [2.24, 2.45) is 0 Å². The second kappa shape index (κ2) is 4.47. The fraction of sp³-hybridized carbons (Fsp3) is 0.333. The number of hydrogen-bond donors (Lipinski definition) is 2. The second-order valence-electron chi connectivity index (χ2n) is 3.82. The molecule has 80 valence electrons. The number of nitrogens with two attached hydrogens (primary N) is 1. The van der Waals surface area contributed by atoms with E-state index in [9.17, 15) is 5.11 Å². The Bertz CT molecular complexity index is 436. The predicted molar refractivity (Wildman–Crippen MR) is 60.7 cm³/mol. The molecule has 3 nitrogen and oxygen atoms in total. The van der Waals surface area contributed by atoms with Crippen molar-refractivity contribution >= 4 is 10.9 Å². The van der Waals surface area contributed by atoms with E-state index in [1.165, 1.54) is 10.9 Å². The number of benzene rings is 1. The third-order valence-electron chi connectivity index (χ3n) is 2.60. The molecular weight excluding hydrogens is 188 g/mol. The van der Waals surface area contributed by atoms with E-state index >= 15 is 0 Å². The molecule has 0 aliphatic heterocycles. The van der Waals surface area contributed by atoms with E-state index in [2.05, 4.69) is 22.8 Å². The number of hydrogen-bond acceptors (Lipinski definition) is 1. The standard InChI is InChI=1S/C12H16N2O/c1-13-8-11(15)9-14-7-6-10-4-2-3-5-12(10)14/h2-7,11,13,15H,8-9H2,1H3/p+1/t11-/m0/s1. The average molecular weight is 205 g/mol. The Hall–Kier alpha value is -1.32. The molecule has 3 heteroatoms. The molecule has 2 rings (SSSR count). The van der Waals surface area contributed by atoms with Crippen molar-refractivity contribution in [1.82, 2.24) is 4.57 Å². The summed E-state index contributed by atoms with van der Waals surface area (Å²) in [5.74, 6) is 0. The first-order chi connectivity index (χ1) is 7.31. The smallest absolute Gasteiger partial charge is 0.120 e. The number of quaternary nitrogens is 1. The van der Waals surface area contributed by atoms with Gasteiger partial charge in [0.25, 0.3) is 0 Å². The zero-order chi connectivity index (χ0) is 10.7. The monoisotopic (exact) mass is 205 g/mol. The zero-order valence-corrected chi connectivity index (χ0v) is 8.93. The normalized spacial score (nSPS) is 13.2. The van der Waals surface area contributed by atoms with Gasteiger partial charge in [-0.25, -0.2) is 0 Å². The van der Waals surface area contributed by atoms with Crippen LogP contribution in [0.15, 0.2) is 36.5 Å². The minimum atomic E-state index is -0.286. The molecule has 0 fully saturated rings. The molecule has 0 unspecified atom stereocenters. The summed E-state index contributed by atoms with van der Waals surface area (Å²) < 4.78 is 2.10. The molecule has 0 amide bonds. The summed E-state index contributed by atoms with van der Waals surface area (Å²) in [4.78, 5) is 0. The third kappa shape index (κ3) is 2.19. The van der Waals surface area contributed by atoms with Crippen molar-refractivity contribution in [1.29, 1.82) is 0 Å². The largest absolute Gasteiger partial charge is 0.385 e. The topological polar surface area (TPSA) is 41.8 Å². The molecule has 1 atom stereocenters. The van der Waals surface area contributed by atoms with Crippen LogP contribution in [0.4, 0.5) is 0 Å². The van der Waals surface area contributed by atoms with Gasteiger partial charge in [-0.15, -0.1) is 0 Å². The van der Waals surface area contributed by atoms with Crippen LogP contribution in [0.5, 0.6) is 0 Å². The Labute approximate surface area is 89.3 Å². The molecule has 0 aliphatic carbocycles. The average Bonchev–Trinajstić information content (AvgIpc) is 2.62. The van der Waals surface area contributed by atoms with Crippen molar-refractivity contribution in [3.8, 4) is 0 Å². The zero-order valence-electron chi connectivity index (χ0n) is 8.93. The van der Waals surface area contributed by atoms with Crippen LogP contribution in [0, 0.1) is 0 Å². The van der Waals surface area contributed by atoms with E-state index in [0.29, 0.717) is 6.54 Å². The molecule has 0 spiro atoms. The maximum Gasteiger partial charge on any atom is 0.120 e. The molecule has 3 N–H and O–H groups in total. The highest BCUT2D eigenvalue weighted by Crippen LogP contribution is 2.15. The lowest BCUT2D eigenvalue weighted by Gasteiger charge is -2.10. The van der Waals surface area contributed by atoms with Gasteiger partial charge >= 0.3 is 0 Å². The summed E-state index contributed by atoms with van der Waals surface area (Å²) in [6.07, 6.45) is 1.75. The number of likely N-dealkylation sites (N-methyl/N-ethyl adjacent to an activating group) is 1. The van der Waals surface area contributed by atoms with Gasteiger partial charge in [0.05, 0.1) is 13.6 Å². The van der Waals surface area contributed by atoms with E-state index in [1.807, 2.05) is 30.7 Å². The minimum absolute atomic E-state index is 0.286. The number of aliphatic hydroxyl groups excluding tert-OH is 1. The van der Waals surface area contributed by atoms with Gasteiger partial charge in [-0.1, -0.05) is 18.2 Å². The lowest BCUT2D eigenvalue weighted by atomic mass is 10.2. The van der Waals surface area contributed by atoms with E-state index in [0.717, 1.165) is 6.54 Å². The second-order valence-corrected chi connectivity index (χ2v) is 3.82. The van der Waals surface area contributed by atoms with Gasteiger partial charge in [0.15, 0.2) is 0 Å². The molecule has 0 saturated heterocycles. The van der Waals surface area contributed by atoms with E-state index in [-0.39, 0.29) is 6.10 Å². The number of aliphatic hydroxyl groups is 1. The minimum Gasteiger partial charge on any atom is -0.385 e. The van der Waals surface area contributed by atoms with Crippen LogP contribution in [0.3, 0.4) is 0 Å². The van der Waals surface area contributed by atoms with E-state index in [4.69, 9.17) is 0 Å². The highest BCUT2D eigenvalue weighted by Gasteiger charge is 2.07. The van der Waals surface area contributed by atoms with Crippen molar-refractivity contribution in [2.75, 3.05) is 13.6 Å². The Morgan fingerprint density at radius 2 is 2.13 bits per heavy atom. The number of rotatable bonds is 4. The maximum absolute atomic E-state index is 9.73. The van der Waals surface area contributed by atoms with Gasteiger partial charge < -0.3 is 15.0 Å². The summed E-state index contributed by atoms with van der Waals surface area (Å²) in [5, 5.41) is 13.0. The lowest BCUT2D eigenvalue weighted by Crippen LogP contribution is -2.82. The van der Waals surface area contributed by atoms with Crippen LogP contribution < -0.4 is 5.32 Å². The first-order valence-electron chi connectivity index (χ1n) is 5.31. The summed E-state index contributed by atoms with van der Waals surface area (Å²) in [7, 11) is 1.97. The molecule has 2 aromatic rings.